The Kier molecular flexibility index (Phi) is 3.90. The van der Waals surface area contributed by atoms with Gasteiger partial charge < -0.3 is 0 Å². The molecule has 6 nitrogen and oxygen atoms in total. The molecule has 0 aliphatic carbocycles. The zero-order valence-corrected chi connectivity index (χ0v) is 11.8. The van der Waals surface area contributed by atoms with Gasteiger partial charge in [-0.3, -0.25) is 20.2 Å². The van der Waals surface area contributed by atoms with E-state index < -0.39 is 14.8 Å². The molecular formula is C14H11ClN2O4. The summed E-state index contributed by atoms with van der Waals surface area (Å²) in [6.45, 7) is 1.52. The van der Waals surface area contributed by atoms with E-state index in [0.717, 1.165) is 0 Å². The number of nitrogens with zero attached hydrogens (tertiary/aromatic N) is 2. The van der Waals surface area contributed by atoms with Gasteiger partial charge in [0.2, 0.25) is 0 Å². The Morgan fingerprint density at radius 3 is 2.14 bits per heavy atom. The van der Waals surface area contributed by atoms with E-state index in [4.69, 9.17) is 11.6 Å². The quantitative estimate of drug-likeness (QED) is 0.373. The number of hydrogen-bond acceptors (Lipinski definition) is 4. The molecule has 1 atom stereocenters. The molecule has 0 N–H and O–H groups in total. The minimum Gasteiger partial charge on any atom is -0.262 e. The lowest BCUT2D eigenvalue weighted by Gasteiger charge is -2.19. The minimum absolute atomic E-state index is 0.148. The average Bonchev–Trinajstić information content (AvgIpc) is 2.46. The highest BCUT2D eigenvalue weighted by atomic mass is 35.5. The molecule has 0 spiro atoms. The lowest BCUT2D eigenvalue weighted by atomic mass is 9.95. The Morgan fingerprint density at radius 1 is 1.00 bits per heavy atom. The number of para-hydroxylation sites is 1. The van der Waals surface area contributed by atoms with Crippen molar-refractivity contribution in [3.8, 4) is 0 Å². The molecule has 0 radical (unpaired) electrons. The first-order chi connectivity index (χ1) is 9.89. The molecule has 21 heavy (non-hydrogen) atoms. The van der Waals surface area contributed by atoms with Crippen molar-refractivity contribution < 1.29 is 9.85 Å². The van der Waals surface area contributed by atoms with E-state index in [1.807, 2.05) is 0 Å². The van der Waals surface area contributed by atoms with Crippen molar-refractivity contribution in [3.63, 3.8) is 0 Å². The number of halogens is 1. The maximum atomic E-state index is 11.6. The van der Waals surface area contributed by atoms with Crippen LogP contribution in [0.4, 0.5) is 5.69 Å². The summed E-state index contributed by atoms with van der Waals surface area (Å²) in [4.78, 5) is 19.3. The number of benzene rings is 2. The Morgan fingerprint density at radius 2 is 1.62 bits per heavy atom. The first-order valence-electron chi connectivity index (χ1n) is 6.02. The van der Waals surface area contributed by atoms with E-state index in [1.54, 1.807) is 18.2 Å². The zero-order chi connectivity index (χ0) is 15.6. The normalized spacial score (nSPS) is 13.4. The predicted octanol–water partition coefficient (Wildman–Crippen LogP) is 3.62. The van der Waals surface area contributed by atoms with Crippen LogP contribution in [0.25, 0.3) is 0 Å². The summed E-state index contributed by atoms with van der Waals surface area (Å²) >= 11 is 6.24. The summed E-state index contributed by atoms with van der Waals surface area (Å²) in [6.07, 6.45) is 0. The topological polar surface area (TPSA) is 86.3 Å². The minimum atomic E-state index is -2.20. The van der Waals surface area contributed by atoms with Crippen LogP contribution in [0.2, 0.25) is 0 Å². The maximum Gasteiger partial charge on any atom is 0.352 e. The standard InChI is InChI=1S/C14H11ClN2O4/c1-10-6-5-9-12(13(10)16(18)19)14(15,17(20)21)11-7-3-2-4-8-11/h2-9H,1H3. The van der Waals surface area contributed by atoms with Gasteiger partial charge in [-0.25, -0.2) is 0 Å². The van der Waals surface area contributed by atoms with Crippen LogP contribution < -0.4 is 0 Å². The van der Waals surface area contributed by atoms with Crippen LogP contribution in [-0.2, 0) is 5.00 Å². The largest absolute Gasteiger partial charge is 0.352 e. The molecule has 0 fully saturated rings. The monoisotopic (exact) mass is 306 g/mol. The predicted molar refractivity (Wildman–Crippen MR) is 77.9 cm³/mol. The third kappa shape index (κ3) is 2.45. The Labute approximate surface area is 125 Å². The summed E-state index contributed by atoms with van der Waals surface area (Å²) in [7, 11) is 0. The van der Waals surface area contributed by atoms with E-state index in [0.29, 0.717) is 5.56 Å². The maximum absolute atomic E-state index is 11.6. The van der Waals surface area contributed by atoms with Crippen molar-refractivity contribution in [1.82, 2.24) is 0 Å². The molecule has 0 saturated carbocycles. The van der Waals surface area contributed by atoms with Crippen LogP contribution >= 0.6 is 11.6 Å². The van der Waals surface area contributed by atoms with E-state index >= 15 is 0 Å². The molecule has 0 saturated heterocycles. The van der Waals surface area contributed by atoms with Gasteiger partial charge in [-0.1, -0.05) is 42.5 Å². The van der Waals surface area contributed by atoms with Crippen molar-refractivity contribution in [2.24, 2.45) is 0 Å². The average molecular weight is 307 g/mol. The van der Waals surface area contributed by atoms with E-state index in [2.05, 4.69) is 0 Å². The van der Waals surface area contributed by atoms with Crippen molar-refractivity contribution >= 4 is 17.3 Å². The molecule has 0 aromatic heterocycles. The number of nitro benzene ring substituents is 1. The fourth-order valence-corrected chi connectivity index (χ4v) is 2.47. The van der Waals surface area contributed by atoms with E-state index in [-0.39, 0.29) is 16.8 Å². The number of rotatable bonds is 4. The summed E-state index contributed by atoms with van der Waals surface area (Å²) in [5.41, 5.74) is 0.00379. The highest BCUT2D eigenvalue weighted by molar-refractivity contribution is 6.25. The van der Waals surface area contributed by atoms with E-state index in [1.165, 1.54) is 37.3 Å². The molecule has 1 unspecified atom stereocenters. The molecule has 2 rings (SSSR count). The van der Waals surface area contributed by atoms with Crippen LogP contribution in [0.1, 0.15) is 16.7 Å². The second-order valence-corrected chi connectivity index (χ2v) is 5.02. The first kappa shape index (κ1) is 14.9. The van der Waals surface area contributed by atoms with Crippen LogP contribution in [0.3, 0.4) is 0 Å². The first-order valence-corrected chi connectivity index (χ1v) is 6.40. The van der Waals surface area contributed by atoms with E-state index in [9.17, 15) is 20.2 Å². The van der Waals surface area contributed by atoms with Crippen molar-refractivity contribution in [2.45, 2.75) is 11.9 Å². The van der Waals surface area contributed by atoms with Gasteiger partial charge in [0.25, 0.3) is 5.69 Å². The lowest BCUT2D eigenvalue weighted by Crippen LogP contribution is -2.31. The van der Waals surface area contributed by atoms with Crippen LogP contribution in [0.15, 0.2) is 48.5 Å². The molecule has 0 amide bonds. The van der Waals surface area contributed by atoms with Crippen LogP contribution in [-0.4, -0.2) is 9.85 Å². The number of hydrogen-bond donors (Lipinski definition) is 0. The Bertz CT molecular complexity index is 705. The fourth-order valence-electron chi connectivity index (χ4n) is 2.19. The highest BCUT2D eigenvalue weighted by Crippen LogP contribution is 2.42. The van der Waals surface area contributed by atoms with Gasteiger partial charge in [-0.2, -0.15) is 0 Å². The van der Waals surface area contributed by atoms with Crippen LogP contribution in [0, 0.1) is 27.2 Å². The molecule has 0 heterocycles. The SMILES string of the molecule is Cc1cccc(C(Cl)(c2ccccc2)[N+](=O)[O-])c1[N+](=O)[O-]. The Balaban J connectivity index is 2.80. The Hall–Kier alpha value is -2.47. The molecule has 0 bridgehead atoms. The number of nitro groups is 2. The van der Waals surface area contributed by atoms with Gasteiger partial charge in [-0.15, -0.1) is 0 Å². The molecule has 0 aliphatic heterocycles. The number of alkyl halides is 1. The molecule has 108 valence electrons. The summed E-state index contributed by atoms with van der Waals surface area (Å²) < 4.78 is 0. The van der Waals surface area contributed by atoms with Gasteiger partial charge in [-0.05, 0) is 24.6 Å². The molecule has 2 aromatic rings. The molecule has 0 aliphatic rings. The second kappa shape index (κ2) is 5.49. The van der Waals surface area contributed by atoms with Gasteiger partial charge in [0.05, 0.1) is 9.85 Å². The van der Waals surface area contributed by atoms with Gasteiger partial charge in [0, 0.05) is 11.1 Å². The highest BCUT2D eigenvalue weighted by Gasteiger charge is 2.49. The van der Waals surface area contributed by atoms with Gasteiger partial charge in [0.1, 0.15) is 5.56 Å². The van der Waals surface area contributed by atoms with Crippen molar-refractivity contribution in [1.29, 1.82) is 0 Å². The van der Waals surface area contributed by atoms with Crippen LogP contribution in [0.5, 0.6) is 0 Å². The fraction of sp³-hybridized carbons (Fsp3) is 0.143. The number of aryl methyl sites for hydroxylation is 1. The van der Waals surface area contributed by atoms with Crippen molar-refractivity contribution in [3.05, 3.63) is 85.4 Å². The lowest BCUT2D eigenvalue weighted by molar-refractivity contribution is -0.539. The van der Waals surface area contributed by atoms with Gasteiger partial charge in [0.15, 0.2) is 0 Å². The van der Waals surface area contributed by atoms with Gasteiger partial charge >= 0.3 is 5.00 Å². The third-order valence-electron chi connectivity index (χ3n) is 3.19. The smallest absolute Gasteiger partial charge is 0.262 e. The summed E-state index contributed by atoms with van der Waals surface area (Å²) in [6, 6.07) is 12.2. The van der Waals surface area contributed by atoms with Crippen molar-refractivity contribution in [2.75, 3.05) is 0 Å². The summed E-state index contributed by atoms with van der Waals surface area (Å²) in [5, 5.41) is 22.8. The second-order valence-electron chi connectivity index (χ2n) is 4.47. The summed E-state index contributed by atoms with van der Waals surface area (Å²) in [5.74, 6) is 0. The molecule has 7 heteroatoms. The molecular weight excluding hydrogens is 296 g/mol. The third-order valence-corrected chi connectivity index (χ3v) is 3.75. The molecule has 2 aromatic carbocycles. The zero-order valence-electron chi connectivity index (χ0n) is 11.0.